The van der Waals surface area contributed by atoms with E-state index in [1.165, 1.54) is 0 Å². The molecule has 0 fully saturated rings. The summed E-state index contributed by atoms with van der Waals surface area (Å²) < 4.78 is 0. The van der Waals surface area contributed by atoms with Crippen LogP contribution in [0.5, 0.6) is 0 Å². The van der Waals surface area contributed by atoms with Crippen LogP contribution < -0.4 is 0 Å². The van der Waals surface area contributed by atoms with Gasteiger partial charge in [0, 0.05) is 34.6 Å². The summed E-state index contributed by atoms with van der Waals surface area (Å²) in [5.41, 5.74) is 7.55. The largest absolute Gasteiger partial charge is 0.255 e. The first-order valence-corrected chi connectivity index (χ1v) is 16.8. The van der Waals surface area contributed by atoms with Crippen molar-refractivity contribution in [2.24, 2.45) is 0 Å². The van der Waals surface area contributed by atoms with E-state index in [1.807, 2.05) is 133 Å². The number of hydrogen-bond donors (Lipinski definition) is 0. The quantitative estimate of drug-likeness (QED) is 0.165. The second kappa shape index (κ2) is 13.5. The van der Waals surface area contributed by atoms with E-state index >= 15 is 0 Å². The lowest BCUT2D eigenvalue weighted by Gasteiger charge is -2.12. The SMILES string of the molecule is c1ccc(-c2nc(-c3cc(-c4ccccn4)nc(-c4ccccn4)c3)cc(-c3nc(-c4ccccc4)nc(-c4ccc5ccccc5c4)n3)n2)cc1. The Morgan fingerprint density at radius 2 is 0.769 bits per heavy atom. The third-order valence-corrected chi connectivity index (χ3v) is 8.64. The fourth-order valence-electron chi connectivity index (χ4n) is 6.06. The monoisotopic (exact) mass is 668 g/mol. The zero-order chi connectivity index (χ0) is 34.7. The lowest BCUT2D eigenvalue weighted by atomic mass is 10.1. The molecule has 0 saturated carbocycles. The number of aromatic nitrogens is 8. The predicted molar refractivity (Wildman–Crippen MR) is 204 cm³/mol. The van der Waals surface area contributed by atoms with Gasteiger partial charge in [0.2, 0.25) is 0 Å². The van der Waals surface area contributed by atoms with Crippen LogP contribution in [-0.2, 0) is 0 Å². The molecule has 5 aromatic heterocycles. The van der Waals surface area contributed by atoms with Crippen molar-refractivity contribution in [2.75, 3.05) is 0 Å². The van der Waals surface area contributed by atoms with E-state index in [9.17, 15) is 0 Å². The molecule has 0 aliphatic heterocycles. The third kappa shape index (κ3) is 6.28. The third-order valence-electron chi connectivity index (χ3n) is 8.64. The van der Waals surface area contributed by atoms with Gasteiger partial charge in [0.05, 0.1) is 28.5 Å². The Morgan fingerprint density at radius 3 is 1.38 bits per heavy atom. The van der Waals surface area contributed by atoms with Crippen LogP contribution in [0, 0.1) is 0 Å². The van der Waals surface area contributed by atoms with Crippen molar-refractivity contribution in [3.05, 3.63) is 170 Å². The number of hydrogen-bond acceptors (Lipinski definition) is 8. The van der Waals surface area contributed by atoms with Gasteiger partial charge in [-0.1, -0.05) is 109 Å². The van der Waals surface area contributed by atoms with E-state index in [2.05, 4.69) is 34.2 Å². The minimum Gasteiger partial charge on any atom is -0.255 e. The Hall–Kier alpha value is -7.32. The van der Waals surface area contributed by atoms with E-state index in [1.54, 1.807) is 12.4 Å². The standard InChI is InChI=1S/C44H28N8/c1-3-14-30(15-4-1)41-48-37(34-26-38(35-19-9-11-23-45-35)47-39(27-34)36-20-10-12-24-46-36)28-40(49-41)44-51-42(31-16-5-2-6-17-31)50-43(52-44)33-22-21-29-13-7-8-18-32(29)25-33/h1-28H. The summed E-state index contributed by atoms with van der Waals surface area (Å²) in [6, 6.07) is 51.9. The summed E-state index contributed by atoms with van der Waals surface area (Å²) in [7, 11) is 0. The predicted octanol–water partition coefficient (Wildman–Crippen LogP) is 9.67. The van der Waals surface area contributed by atoms with E-state index in [0.717, 1.165) is 44.4 Å². The normalized spacial score (nSPS) is 11.1. The number of benzene rings is 4. The summed E-state index contributed by atoms with van der Waals surface area (Å²) >= 11 is 0. The molecule has 0 unspecified atom stereocenters. The summed E-state index contributed by atoms with van der Waals surface area (Å²) in [5, 5.41) is 2.24. The van der Waals surface area contributed by atoms with E-state index in [4.69, 9.17) is 29.9 Å². The first kappa shape index (κ1) is 30.7. The number of rotatable bonds is 7. The highest BCUT2D eigenvalue weighted by atomic mass is 15.1. The van der Waals surface area contributed by atoms with Gasteiger partial charge in [-0.3, -0.25) is 9.97 Å². The van der Waals surface area contributed by atoms with Gasteiger partial charge in [0.1, 0.15) is 5.69 Å². The Balaban J connectivity index is 1.27. The Kier molecular flexibility index (Phi) is 7.99. The summed E-state index contributed by atoms with van der Waals surface area (Å²) in [6.07, 6.45) is 3.53. The van der Waals surface area contributed by atoms with Crippen LogP contribution in [0.4, 0.5) is 0 Å². The van der Waals surface area contributed by atoms with Crippen molar-refractivity contribution in [3.63, 3.8) is 0 Å². The molecule has 0 atom stereocenters. The van der Waals surface area contributed by atoms with Gasteiger partial charge in [0.15, 0.2) is 23.3 Å². The molecule has 0 aliphatic carbocycles. The van der Waals surface area contributed by atoms with Gasteiger partial charge in [-0.05, 0) is 59.3 Å². The minimum absolute atomic E-state index is 0.432. The molecule has 0 amide bonds. The molecule has 0 aliphatic rings. The molecule has 0 N–H and O–H groups in total. The van der Waals surface area contributed by atoms with Crippen LogP contribution >= 0.6 is 0 Å². The van der Waals surface area contributed by atoms with Gasteiger partial charge in [0.25, 0.3) is 0 Å². The maximum Gasteiger partial charge on any atom is 0.182 e. The maximum absolute atomic E-state index is 5.11. The minimum atomic E-state index is 0.432. The number of fused-ring (bicyclic) bond motifs is 1. The Labute approximate surface area is 299 Å². The summed E-state index contributed by atoms with van der Waals surface area (Å²) in [6.45, 7) is 0. The first-order valence-electron chi connectivity index (χ1n) is 16.8. The van der Waals surface area contributed by atoms with Gasteiger partial charge in [-0.25, -0.2) is 29.9 Å². The van der Waals surface area contributed by atoms with Crippen molar-refractivity contribution < 1.29 is 0 Å². The van der Waals surface area contributed by atoms with Crippen LogP contribution in [0.15, 0.2) is 170 Å². The molecule has 8 heteroatoms. The fourth-order valence-corrected chi connectivity index (χ4v) is 6.06. The lowest BCUT2D eigenvalue weighted by molar-refractivity contribution is 1.05. The van der Waals surface area contributed by atoms with Gasteiger partial charge in [-0.15, -0.1) is 0 Å². The van der Waals surface area contributed by atoms with Crippen LogP contribution in [0.25, 0.3) is 90.5 Å². The fraction of sp³-hybridized carbons (Fsp3) is 0. The molecule has 5 heterocycles. The zero-order valence-corrected chi connectivity index (χ0v) is 27.7. The Bertz CT molecular complexity index is 2610. The molecule has 52 heavy (non-hydrogen) atoms. The molecule has 0 spiro atoms. The molecule has 9 aromatic rings. The van der Waals surface area contributed by atoms with E-state index in [0.29, 0.717) is 46.1 Å². The maximum atomic E-state index is 5.11. The molecule has 0 saturated heterocycles. The van der Waals surface area contributed by atoms with Gasteiger partial charge >= 0.3 is 0 Å². The van der Waals surface area contributed by atoms with Crippen LogP contribution in [0.1, 0.15) is 0 Å². The molecule has 0 radical (unpaired) electrons. The zero-order valence-electron chi connectivity index (χ0n) is 27.7. The number of pyridine rings is 3. The first-order chi connectivity index (χ1) is 25.7. The lowest BCUT2D eigenvalue weighted by Crippen LogP contribution is -2.03. The van der Waals surface area contributed by atoms with Gasteiger partial charge in [-0.2, -0.15) is 0 Å². The highest BCUT2D eigenvalue weighted by molar-refractivity contribution is 5.86. The highest BCUT2D eigenvalue weighted by Crippen LogP contribution is 2.33. The average molecular weight is 669 g/mol. The topological polar surface area (TPSA) is 103 Å². The van der Waals surface area contributed by atoms with Crippen LogP contribution in [0.2, 0.25) is 0 Å². The van der Waals surface area contributed by atoms with E-state index in [-0.39, 0.29) is 0 Å². The average Bonchev–Trinajstić information content (AvgIpc) is 3.24. The molecule has 4 aromatic carbocycles. The van der Waals surface area contributed by atoms with E-state index < -0.39 is 0 Å². The second-order valence-electron chi connectivity index (χ2n) is 12.1. The van der Waals surface area contributed by atoms with Crippen molar-refractivity contribution in [1.29, 1.82) is 0 Å². The van der Waals surface area contributed by atoms with Crippen molar-refractivity contribution in [1.82, 2.24) is 39.9 Å². The van der Waals surface area contributed by atoms with Crippen molar-refractivity contribution >= 4 is 10.8 Å². The summed E-state index contributed by atoms with van der Waals surface area (Å²) in [4.78, 5) is 39.4. The molecular formula is C44H28N8. The number of nitrogens with zero attached hydrogens (tertiary/aromatic N) is 8. The summed E-state index contributed by atoms with van der Waals surface area (Å²) in [5.74, 6) is 2.07. The van der Waals surface area contributed by atoms with Gasteiger partial charge < -0.3 is 0 Å². The molecule has 0 bridgehead atoms. The Morgan fingerprint density at radius 1 is 0.250 bits per heavy atom. The molecule has 9 rings (SSSR count). The van der Waals surface area contributed by atoms with Crippen LogP contribution in [0.3, 0.4) is 0 Å². The second-order valence-corrected chi connectivity index (χ2v) is 12.1. The smallest absolute Gasteiger partial charge is 0.182 e. The van der Waals surface area contributed by atoms with Crippen molar-refractivity contribution in [2.45, 2.75) is 0 Å². The van der Waals surface area contributed by atoms with Crippen LogP contribution in [-0.4, -0.2) is 39.9 Å². The molecule has 8 nitrogen and oxygen atoms in total. The van der Waals surface area contributed by atoms with Crippen molar-refractivity contribution in [3.8, 4) is 79.7 Å². The highest BCUT2D eigenvalue weighted by Gasteiger charge is 2.18. The molecule has 244 valence electrons. The molecular weight excluding hydrogens is 641 g/mol.